The largest absolute Gasteiger partial charge is 0.368 e. The Bertz CT molecular complexity index is 547. The standard InChI is InChI=1S/C13H18ClN3O3S/c1-21(20)9-8-15-4-6-16(7-5-15)13-3-2-11(17(18)19)10-12(13)14/h2-3,10H,4-9H2,1H3/t21-/m0/s1. The quantitative estimate of drug-likeness (QED) is 0.607. The number of hydrogen-bond acceptors (Lipinski definition) is 5. The van der Waals surface area contributed by atoms with Gasteiger partial charge in [0.05, 0.1) is 15.6 Å². The van der Waals surface area contributed by atoms with Gasteiger partial charge in [-0.1, -0.05) is 11.6 Å². The number of piperazine rings is 1. The lowest BCUT2D eigenvalue weighted by Gasteiger charge is -2.36. The highest BCUT2D eigenvalue weighted by Gasteiger charge is 2.20. The Kier molecular flexibility index (Phi) is 5.55. The minimum Gasteiger partial charge on any atom is -0.368 e. The maximum Gasteiger partial charge on any atom is 0.271 e. The summed E-state index contributed by atoms with van der Waals surface area (Å²) in [5.41, 5.74) is 0.841. The molecule has 21 heavy (non-hydrogen) atoms. The van der Waals surface area contributed by atoms with Crippen molar-refractivity contribution in [3.63, 3.8) is 0 Å². The molecule has 8 heteroatoms. The maximum atomic E-state index is 11.1. The molecule has 2 rings (SSSR count). The van der Waals surface area contributed by atoms with Crippen molar-refractivity contribution in [3.05, 3.63) is 33.3 Å². The maximum absolute atomic E-state index is 11.1. The van der Waals surface area contributed by atoms with Gasteiger partial charge in [-0.2, -0.15) is 0 Å². The van der Waals surface area contributed by atoms with Gasteiger partial charge >= 0.3 is 0 Å². The lowest BCUT2D eigenvalue weighted by Crippen LogP contribution is -2.47. The molecular weight excluding hydrogens is 314 g/mol. The summed E-state index contributed by atoms with van der Waals surface area (Å²) in [5.74, 6) is 0.693. The van der Waals surface area contributed by atoms with Gasteiger partial charge in [0.1, 0.15) is 0 Å². The van der Waals surface area contributed by atoms with Gasteiger partial charge in [0.25, 0.3) is 5.69 Å². The first-order valence-electron chi connectivity index (χ1n) is 6.68. The van der Waals surface area contributed by atoms with Crippen molar-refractivity contribution in [1.29, 1.82) is 0 Å². The second-order valence-electron chi connectivity index (χ2n) is 5.00. The molecule has 0 N–H and O–H groups in total. The molecule has 0 bridgehead atoms. The summed E-state index contributed by atoms with van der Waals surface area (Å²) in [6, 6.07) is 4.58. The van der Waals surface area contributed by atoms with E-state index in [1.165, 1.54) is 12.1 Å². The Labute approximate surface area is 131 Å². The van der Waals surface area contributed by atoms with E-state index in [0.717, 1.165) is 38.4 Å². The van der Waals surface area contributed by atoms with Crippen molar-refractivity contribution >= 4 is 33.8 Å². The zero-order valence-electron chi connectivity index (χ0n) is 11.8. The normalized spacial score (nSPS) is 17.7. The third-order valence-corrected chi connectivity index (χ3v) is 4.61. The molecule has 1 aliphatic heterocycles. The molecule has 0 unspecified atom stereocenters. The molecule has 0 aromatic heterocycles. The molecule has 0 spiro atoms. The van der Waals surface area contributed by atoms with Gasteiger partial charge in [-0.25, -0.2) is 0 Å². The van der Waals surface area contributed by atoms with Crippen molar-refractivity contribution in [2.75, 3.05) is 49.6 Å². The van der Waals surface area contributed by atoms with Gasteiger partial charge in [0.2, 0.25) is 0 Å². The van der Waals surface area contributed by atoms with Crippen LogP contribution >= 0.6 is 11.6 Å². The second kappa shape index (κ2) is 7.20. The van der Waals surface area contributed by atoms with Crippen molar-refractivity contribution in [1.82, 2.24) is 4.90 Å². The average Bonchev–Trinajstić information content (AvgIpc) is 2.45. The van der Waals surface area contributed by atoms with Crippen molar-refractivity contribution in [2.24, 2.45) is 0 Å². The molecule has 1 fully saturated rings. The third kappa shape index (κ3) is 4.39. The van der Waals surface area contributed by atoms with Crippen LogP contribution in [0.2, 0.25) is 5.02 Å². The van der Waals surface area contributed by atoms with Crippen molar-refractivity contribution < 1.29 is 9.13 Å². The summed E-state index contributed by atoms with van der Waals surface area (Å²) >= 11 is 6.15. The zero-order chi connectivity index (χ0) is 15.4. The molecule has 0 aliphatic carbocycles. The Balaban J connectivity index is 1.96. The van der Waals surface area contributed by atoms with Crippen LogP contribution in [0.15, 0.2) is 18.2 Å². The number of nitrogens with zero attached hydrogens (tertiary/aromatic N) is 3. The monoisotopic (exact) mass is 331 g/mol. The first kappa shape index (κ1) is 16.2. The van der Waals surface area contributed by atoms with Crippen LogP contribution in [0, 0.1) is 10.1 Å². The van der Waals surface area contributed by atoms with E-state index < -0.39 is 15.7 Å². The van der Waals surface area contributed by atoms with Gasteiger partial charge < -0.3 is 4.90 Å². The van der Waals surface area contributed by atoms with Crippen LogP contribution in [0.4, 0.5) is 11.4 Å². The lowest BCUT2D eigenvalue weighted by atomic mass is 10.2. The SMILES string of the molecule is C[S@](=O)CCN1CCN(c2ccc([N+](=O)[O-])cc2Cl)CC1. The van der Waals surface area contributed by atoms with Crippen molar-refractivity contribution in [2.45, 2.75) is 0 Å². The number of nitro groups is 1. The van der Waals surface area contributed by atoms with Gasteiger partial charge in [-0.3, -0.25) is 19.2 Å². The van der Waals surface area contributed by atoms with Crippen LogP contribution in [0.3, 0.4) is 0 Å². The number of anilines is 1. The smallest absolute Gasteiger partial charge is 0.271 e. The highest BCUT2D eigenvalue weighted by atomic mass is 35.5. The summed E-state index contributed by atoms with van der Waals surface area (Å²) < 4.78 is 11.1. The van der Waals surface area contributed by atoms with Crippen LogP contribution in [0.25, 0.3) is 0 Å². The molecule has 1 heterocycles. The molecule has 0 saturated carbocycles. The first-order chi connectivity index (χ1) is 9.97. The van der Waals surface area contributed by atoms with E-state index in [-0.39, 0.29) is 5.69 Å². The van der Waals surface area contributed by atoms with E-state index >= 15 is 0 Å². The predicted molar refractivity (Wildman–Crippen MR) is 85.7 cm³/mol. The van der Waals surface area contributed by atoms with E-state index in [0.29, 0.717) is 10.8 Å². The molecule has 1 aliphatic rings. The van der Waals surface area contributed by atoms with E-state index in [1.54, 1.807) is 12.3 Å². The van der Waals surface area contributed by atoms with E-state index in [2.05, 4.69) is 9.80 Å². The van der Waals surface area contributed by atoms with Crippen LogP contribution in [-0.4, -0.2) is 58.8 Å². The lowest BCUT2D eigenvalue weighted by molar-refractivity contribution is -0.384. The minimum atomic E-state index is -0.763. The third-order valence-electron chi connectivity index (χ3n) is 3.55. The second-order valence-corrected chi connectivity index (χ2v) is 6.96. The summed E-state index contributed by atoms with van der Waals surface area (Å²) in [5, 5.41) is 11.1. The fourth-order valence-electron chi connectivity index (χ4n) is 2.34. The van der Waals surface area contributed by atoms with Gasteiger partial charge in [-0.15, -0.1) is 0 Å². The topological polar surface area (TPSA) is 66.7 Å². The molecule has 0 radical (unpaired) electrons. The number of nitro benzene ring substituents is 1. The Morgan fingerprint density at radius 3 is 2.52 bits per heavy atom. The molecule has 0 amide bonds. The van der Waals surface area contributed by atoms with E-state index in [9.17, 15) is 14.3 Å². The first-order valence-corrected chi connectivity index (χ1v) is 8.79. The molecule has 1 atom stereocenters. The predicted octanol–water partition coefficient (Wildman–Crippen LogP) is 1.75. The Hall–Kier alpha value is -1.18. The zero-order valence-corrected chi connectivity index (χ0v) is 13.4. The van der Waals surface area contributed by atoms with Gasteiger partial charge in [0.15, 0.2) is 0 Å². The van der Waals surface area contributed by atoms with Gasteiger partial charge in [0, 0.05) is 67.7 Å². The Morgan fingerprint density at radius 1 is 1.33 bits per heavy atom. The van der Waals surface area contributed by atoms with Crippen LogP contribution < -0.4 is 4.90 Å². The highest BCUT2D eigenvalue weighted by Crippen LogP contribution is 2.30. The summed E-state index contributed by atoms with van der Waals surface area (Å²) in [7, 11) is -0.763. The summed E-state index contributed by atoms with van der Waals surface area (Å²) in [6.45, 7) is 4.22. The Morgan fingerprint density at radius 2 is 2.00 bits per heavy atom. The number of hydrogen-bond donors (Lipinski definition) is 0. The fourth-order valence-corrected chi connectivity index (χ4v) is 3.15. The molecule has 1 aromatic carbocycles. The van der Waals surface area contributed by atoms with Gasteiger partial charge in [-0.05, 0) is 6.07 Å². The van der Waals surface area contributed by atoms with Crippen molar-refractivity contribution in [3.8, 4) is 0 Å². The van der Waals surface area contributed by atoms with E-state index in [4.69, 9.17) is 11.6 Å². The highest BCUT2D eigenvalue weighted by molar-refractivity contribution is 7.84. The summed E-state index contributed by atoms with van der Waals surface area (Å²) in [6.07, 6.45) is 1.72. The number of benzene rings is 1. The number of non-ortho nitro benzene ring substituents is 1. The minimum absolute atomic E-state index is 0.00723. The molecule has 6 nitrogen and oxygen atoms in total. The van der Waals surface area contributed by atoms with E-state index in [1.807, 2.05) is 0 Å². The molecule has 1 saturated heterocycles. The van der Waals surface area contributed by atoms with Crippen LogP contribution in [-0.2, 0) is 10.8 Å². The molecular formula is C13H18ClN3O3S. The fraction of sp³-hybridized carbons (Fsp3) is 0.538. The molecule has 1 aromatic rings. The number of rotatable bonds is 5. The molecule has 116 valence electrons. The van der Waals surface area contributed by atoms with Crippen LogP contribution in [0.5, 0.6) is 0 Å². The van der Waals surface area contributed by atoms with Crippen LogP contribution in [0.1, 0.15) is 0 Å². The number of halogens is 1. The summed E-state index contributed by atoms with van der Waals surface area (Å²) in [4.78, 5) is 14.7. The average molecular weight is 332 g/mol.